The Labute approximate surface area is 228 Å². The van der Waals surface area contributed by atoms with Crippen LogP contribution < -0.4 is 9.47 Å². The van der Waals surface area contributed by atoms with E-state index in [4.69, 9.17) is 32.7 Å². The van der Waals surface area contributed by atoms with E-state index in [2.05, 4.69) is 30.0 Å². The standard InChI is InChI=1S/C25H26Cl2F3N3O5/c1-34-22-17(24(29)32-37-4)10-14(12-19(22)26)16(8-6-7-9-21(28)31-36-3)15-11-18(25(30)33-38-5)23(35-2)20(27)13-15/h8,10-13H,6-7,9H2,1-5H3/b31-21-,32-24-,33-25-. The summed E-state index contributed by atoms with van der Waals surface area (Å²) in [5, 5.41) is 10.0. The first kappa shape index (κ1) is 30.8. The normalized spacial score (nSPS) is 12.2. The van der Waals surface area contributed by atoms with Gasteiger partial charge in [-0.1, -0.05) is 44.7 Å². The van der Waals surface area contributed by atoms with Gasteiger partial charge in [-0.25, -0.2) is 0 Å². The van der Waals surface area contributed by atoms with Gasteiger partial charge in [-0.05, 0) is 53.8 Å². The minimum atomic E-state index is -0.989. The zero-order chi connectivity index (χ0) is 28.2. The van der Waals surface area contributed by atoms with Crippen molar-refractivity contribution in [2.24, 2.45) is 15.5 Å². The van der Waals surface area contributed by atoms with Crippen LogP contribution in [0.5, 0.6) is 11.5 Å². The third kappa shape index (κ3) is 7.78. The number of unbranched alkanes of at least 4 members (excludes halogenated alkanes) is 1. The molecule has 0 bridgehead atoms. The molecule has 2 rings (SSSR count). The molecule has 0 aliphatic rings. The van der Waals surface area contributed by atoms with Gasteiger partial charge in [0.1, 0.15) is 32.8 Å². The summed E-state index contributed by atoms with van der Waals surface area (Å²) in [6.07, 6.45) is 2.42. The van der Waals surface area contributed by atoms with Crippen LogP contribution in [0.1, 0.15) is 41.5 Å². The van der Waals surface area contributed by atoms with Crippen molar-refractivity contribution < 1.29 is 37.2 Å². The number of halogens is 5. The van der Waals surface area contributed by atoms with E-state index in [0.29, 0.717) is 29.5 Å². The molecule has 206 valence electrons. The van der Waals surface area contributed by atoms with E-state index in [9.17, 15) is 13.2 Å². The van der Waals surface area contributed by atoms with Gasteiger partial charge in [0.15, 0.2) is 0 Å². The lowest BCUT2D eigenvalue weighted by Gasteiger charge is -2.16. The van der Waals surface area contributed by atoms with Gasteiger partial charge in [-0.3, -0.25) is 0 Å². The molecule has 0 N–H and O–H groups in total. The quantitative estimate of drug-likeness (QED) is 0.144. The fourth-order valence-corrected chi connectivity index (χ4v) is 4.11. The Bertz CT molecular complexity index is 1170. The molecule has 0 saturated heterocycles. The average molecular weight is 576 g/mol. The van der Waals surface area contributed by atoms with Gasteiger partial charge in [0.25, 0.3) is 11.9 Å². The third-order valence-electron chi connectivity index (χ3n) is 5.03. The molecule has 0 fully saturated rings. The van der Waals surface area contributed by atoms with Crippen LogP contribution in [-0.4, -0.2) is 53.4 Å². The lowest BCUT2D eigenvalue weighted by atomic mass is 9.93. The van der Waals surface area contributed by atoms with Crippen molar-refractivity contribution in [3.8, 4) is 11.5 Å². The van der Waals surface area contributed by atoms with Gasteiger partial charge in [0.05, 0.1) is 35.4 Å². The summed E-state index contributed by atoms with van der Waals surface area (Å²) in [4.78, 5) is 13.5. The summed E-state index contributed by atoms with van der Waals surface area (Å²) in [7, 11) is 6.26. The van der Waals surface area contributed by atoms with Crippen molar-refractivity contribution in [2.75, 3.05) is 35.5 Å². The molecule has 0 spiro atoms. The Morgan fingerprint density at radius 3 is 1.58 bits per heavy atom. The van der Waals surface area contributed by atoms with E-state index in [1.807, 2.05) is 0 Å². The van der Waals surface area contributed by atoms with E-state index in [1.165, 1.54) is 59.8 Å². The molecular formula is C25H26Cl2F3N3O5. The van der Waals surface area contributed by atoms with Crippen LogP contribution in [0.15, 0.2) is 45.8 Å². The van der Waals surface area contributed by atoms with Crippen LogP contribution in [0.3, 0.4) is 0 Å². The molecule has 0 unspecified atom stereocenters. The molecule has 2 aromatic carbocycles. The minimum absolute atomic E-state index is 0.00507. The topological polar surface area (TPSA) is 83.2 Å². The summed E-state index contributed by atoms with van der Waals surface area (Å²) in [5.74, 6) is -2.60. The number of rotatable bonds is 13. The smallest absolute Gasteiger partial charge is 0.260 e. The summed E-state index contributed by atoms with van der Waals surface area (Å²) < 4.78 is 53.7. The van der Waals surface area contributed by atoms with Crippen molar-refractivity contribution in [2.45, 2.75) is 19.3 Å². The molecule has 13 heteroatoms. The van der Waals surface area contributed by atoms with Crippen molar-refractivity contribution in [3.05, 3.63) is 62.6 Å². The van der Waals surface area contributed by atoms with Crippen molar-refractivity contribution in [3.63, 3.8) is 0 Å². The molecule has 38 heavy (non-hydrogen) atoms. The number of oxime groups is 3. The maximum Gasteiger partial charge on any atom is 0.260 e. The van der Waals surface area contributed by atoms with Gasteiger partial charge >= 0.3 is 0 Å². The van der Waals surface area contributed by atoms with Crippen molar-refractivity contribution in [1.29, 1.82) is 0 Å². The number of hydrogen-bond donors (Lipinski definition) is 0. The second-order valence-corrected chi connectivity index (χ2v) is 8.18. The van der Waals surface area contributed by atoms with Gasteiger partial charge in [-0.15, -0.1) is 0 Å². The fourth-order valence-electron chi connectivity index (χ4n) is 3.52. The molecule has 2 aromatic rings. The molecule has 0 radical (unpaired) electrons. The van der Waals surface area contributed by atoms with Crippen molar-refractivity contribution >= 4 is 46.7 Å². The first-order valence-corrected chi connectivity index (χ1v) is 11.7. The third-order valence-corrected chi connectivity index (χ3v) is 5.59. The molecular weight excluding hydrogens is 550 g/mol. The van der Waals surface area contributed by atoms with E-state index >= 15 is 0 Å². The Kier molecular flexibility index (Phi) is 12.2. The predicted molar refractivity (Wildman–Crippen MR) is 142 cm³/mol. The molecule has 0 heterocycles. The Morgan fingerprint density at radius 2 is 1.18 bits per heavy atom. The van der Waals surface area contributed by atoms with Crippen LogP contribution in [0.4, 0.5) is 13.2 Å². The molecule has 0 aromatic heterocycles. The highest BCUT2D eigenvalue weighted by atomic mass is 35.5. The van der Waals surface area contributed by atoms with E-state index < -0.39 is 17.9 Å². The highest BCUT2D eigenvalue weighted by Gasteiger charge is 2.21. The van der Waals surface area contributed by atoms with Gasteiger partial charge in [0.2, 0.25) is 5.97 Å². The maximum absolute atomic E-state index is 14.8. The van der Waals surface area contributed by atoms with Gasteiger partial charge in [0, 0.05) is 6.42 Å². The predicted octanol–water partition coefficient (Wildman–Crippen LogP) is 7.10. The highest BCUT2D eigenvalue weighted by Crippen LogP contribution is 2.39. The number of benzene rings is 2. The maximum atomic E-state index is 14.8. The highest BCUT2D eigenvalue weighted by molar-refractivity contribution is 6.33. The second-order valence-electron chi connectivity index (χ2n) is 7.37. The number of nitrogens with zero attached hydrogens (tertiary/aromatic N) is 3. The SMILES string of the molecule is CO/N=C(\F)CCCC=C(c1cc(Cl)c(OC)c(/C(F)=N/OC)c1)c1cc(Cl)c(OC)c(/C(F)=N/OC)c1. The average Bonchev–Trinajstić information content (AvgIpc) is 2.88. The Morgan fingerprint density at radius 1 is 0.737 bits per heavy atom. The first-order chi connectivity index (χ1) is 18.2. The summed E-state index contributed by atoms with van der Waals surface area (Å²) >= 11 is 12.8. The largest absolute Gasteiger partial charge is 0.494 e. The van der Waals surface area contributed by atoms with Crippen LogP contribution in [0.2, 0.25) is 10.0 Å². The number of ether oxygens (including phenoxy) is 2. The van der Waals surface area contributed by atoms with Crippen LogP contribution in [-0.2, 0) is 14.5 Å². The summed E-state index contributed by atoms with van der Waals surface area (Å²) in [5.41, 5.74) is 1.08. The zero-order valence-corrected chi connectivity index (χ0v) is 22.8. The molecule has 0 aliphatic carbocycles. The van der Waals surface area contributed by atoms with Crippen LogP contribution in [0, 0.1) is 0 Å². The van der Waals surface area contributed by atoms with E-state index in [-0.39, 0.29) is 39.1 Å². The monoisotopic (exact) mass is 575 g/mol. The summed E-state index contributed by atoms with van der Waals surface area (Å²) in [6, 6.07) is 5.91. The van der Waals surface area contributed by atoms with Crippen molar-refractivity contribution in [1.82, 2.24) is 0 Å². The van der Waals surface area contributed by atoms with Crippen LogP contribution >= 0.6 is 23.2 Å². The van der Waals surface area contributed by atoms with Crippen LogP contribution in [0.25, 0.3) is 5.57 Å². The van der Waals surface area contributed by atoms with Gasteiger partial charge < -0.3 is 24.0 Å². The Hall–Kier alpha value is -3.44. The number of methoxy groups -OCH3 is 2. The zero-order valence-electron chi connectivity index (χ0n) is 21.3. The number of allylic oxidation sites excluding steroid dienone is 1. The summed E-state index contributed by atoms with van der Waals surface area (Å²) in [6.45, 7) is 0. The Balaban J connectivity index is 2.77. The second kappa shape index (κ2) is 15.1. The molecule has 0 atom stereocenters. The number of hydrogen-bond acceptors (Lipinski definition) is 8. The molecule has 0 aliphatic heterocycles. The van der Waals surface area contributed by atoms with Gasteiger partial charge in [-0.2, -0.15) is 13.2 Å². The lowest BCUT2D eigenvalue weighted by Crippen LogP contribution is -2.04. The lowest BCUT2D eigenvalue weighted by molar-refractivity contribution is 0.207. The molecule has 0 amide bonds. The molecule has 0 saturated carbocycles. The fraction of sp³-hybridized carbons (Fsp3) is 0.320. The first-order valence-electron chi connectivity index (χ1n) is 11.0. The molecule has 8 nitrogen and oxygen atoms in total. The van der Waals surface area contributed by atoms with E-state index in [0.717, 1.165) is 0 Å². The van der Waals surface area contributed by atoms with E-state index in [1.54, 1.807) is 6.08 Å². The minimum Gasteiger partial charge on any atom is -0.494 e.